The minimum Gasteiger partial charge on any atom is -0.497 e. The van der Waals surface area contributed by atoms with Gasteiger partial charge in [0.05, 0.1) is 24.7 Å². The van der Waals surface area contributed by atoms with E-state index in [9.17, 15) is 0 Å². The zero-order chi connectivity index (χ0) is 14.2. The molecule has 2 rings (SSSR count). The van der Waals surface area contributed by atoms with E-state index in [1.165, 1.54) is 25.7 Å². The van der Waals surface area contributed by atoms with E-state index < -0.39 is 0 Å². The van der Waals surface area contributed by atoms with Crippen molar-refractivity contribution in [3.05, 3.63) is 23.8 Å². The second-order valence-electron chi connectivity index (χ2n) is 5.03. The third-order valence-corrected chi connectivity index (χ3v) is 3.71. The molecule has 1 fully saturated rings. The van der Waals surface area contributed by atoms with Gasteiger partial charge >= 0.3 is 0 Å². The Kier molecular flexibility index (Phi) is 6.08. The number of halogens is 1. The van der Waals surface area contributed by atoms with Gasteiger partial charge in [0, 0.05) is 0 Å². The Morgan fingerprint density at radius 2 is 1.95 bits per heavy atom. The molecule has 1 saturated carbocycles. The summed E-state index contributed by atoms with van der Waals surface area (Å²) in [4.78, 5) is 0. The summed E-state index contributed by atoms with van der Waals surface area (Å²) in [5.74, 6) is 7.89. The maximum atomic E-state index is 6.16. The van der Waals surface area contributed by atoms with E-state index in [-0.39, 0.29) is 0 Å². The Balaban J connectivity index is 2.16. The molecule has 1 aromatic carbocycles. The molecule has 0 saturated heterocycles. The van der Waals surface area contributed by atoms with Crippen LogP contribution in [0, 0.1) is 11.8 Å². The van der Waals surface area contributed by atoms with E-state index in [4.69, 9.17) is 21.1 Å². The molecular formula is C17H21ClO2. The summed E-state index contributed by atoms with van der Waals surface area (Å²) in [5, 5.41) is 0. The summed E-state index contributed by atoms with van der Waals surface area (Å²) in [5.41, 5.74) is 0.856. The van der Waals surface area contributed by atoms with Gasteiger partial charge in [-0.05, 0) is 43.9 Å². The number of hydrogen-bond acceptors (Lipinski definition) is 2. The summed E-state index contributed by atoms with van der Waals surface area (Å²) in [6.07, 6.45) is 7.72. The Morgan fingerprint density at radius 1 is 1.20 bits per heavy atom. The molecule has 1 aromatic rings. The van der Waals surface area contributed by atoms with Crippen LogP contribution in [0.2, 0.25) is 0 Å². The zero-order valence-corrected chi connectivity index (χ0v) is 12.7. The van der Waals surface area contributed by atoms with E-state index >= 15 is 0 Å². The normalized spacial score (nSPS) is 15.9. The fraction of sp³-hybridized carbons (Fsp3) is 0.529. The molecule has 0 bridgehead atoms. The average Bonchev–Trinajstić information content (AvgIpc) is 2.75. The van der Waals surface area contributed by atoms with Crippen molar-refractivity contribution in [3.8, 4) is 23.3 Å². The molecule has 20 heavy (non-hydrogen) atoms. The van der Waals surface area contributed by atoms with E-state index in [0.29, 0.717) is 12.0 Å². The number of hydrogen-bond donors (Lipinski definition) is 0. The lowest BCUT2D eigenvalue weighted by Crippen LogP contribution is -2.15. The van der Waals surface area contributed by atoms with Crippen LogP contribution in [-0.4, -0.2) is 19.1 Å². The quantitative estimate of drug-likeness (QED) is 0.467. The predicted molar refractivity (Wildman–Crippen MR) is 82.7 cm³/mol. The highest BCUT2D eigenvalue weighted by atomic mass is 35.5. The van der Waals surface area contributed by atoms with E-state index in [1.54, 1.807) is 7.11 Å². The van der Waals surface area contributed by atoms with E-state index in [2.05, 4.69) is 11.8 Å². The van der Waals surface area contributed by atoms with E-state index in [1.807, 2.05) is 18.2 Å². The van der Waals surface area contributed by atoms with Crippen LogP contribution in [0.25, 0.3) is 0 Å². The fourth-order valence-corrected chi connectivity index (χ4v) is 2.57. The minimum absolute atomic E-state index is 0.308. The predicted octanol–water partition coefficient (Wildman–Crippen LogP) is 4.39. The van der Waals surface area contributed by atoms with Gasteiger partial charge in [0.1, 0.15) is 11.5 Å². The highest BCUT2D eigenvalue weighted by molar-refractivity contribution is 6.19. The smallest absolute Gasteiger partial charge is 0.135 e. The first-order valence-corrected chi connectivity index (χ1v) is 7.76. The summed E-state index contributed by atoms with van der Waals surface area (Å²) in [6, 6.07) is 5.77. The molecule has 2 nitrogen and oxygen atoms in total. The molecular weight excluding hydrogens is 272 g/mol. The monoisotopic (exact) mass is 292 g/mol. The lowest BCUT2D eigenvalue weighted by atomic mass is 10.1. The van der Waals surface area contributed by atoms with Crippen LogP contribution in [0.4, 0.5) is 0 Å². The molecule has 0 N–H and O–H groups in total. The molecule has 0 atom stereocenters. The Hall–Kier alpha value is -1.33. The molecule has 3 heteroatoms. The topological polar surface area (TPSA) is 18.5 Å². The van der Waals surface area contributed by atoms with Crippen molar-refractivity contribution in [2.45, 2.75) is 44.6 Å². The first-order chi connectivity index (χ1) is 9.83. The summed E-state index contributed by atoms with van der Waals surface area (Å²) in [6.45, 7) is 0. The van der Waals surface area contributed by atoms with Gasteiger partial charge in [0.2, 0.25) is 0 Å². The van der Waals surface area contributed by atoms with Gasteiger partial charge in [-0.15, -0.1) is 11.6 Å². The van der Waals surface area contributed by atoms with Crippen LogP contribution in [0.15, 0.2) is 18.2 Å². The molecule has 0 spiro atoms. The molecule has 1 aliphatic rings. The standard InChI is InChI=1S/C17H21ClO2/c1-19-16-10-11-17(14(13-16)7-6-12-18)20-15-8-4-2-3-5-9-15/h10-11,13,15H,2-5,8-9,12H2,1H3. The highest BCUT2D eigenvalue weighted by Gasteiger charge is 2.15. The third-order valence-electron chi connectivity index (χ3n) is 3.57. The van der Waals surface area contributed by atoms with Crippen molar-refractivity contribution in [1.29, 1.82) is 0 Å². The molecule has 0 amide bonds. The van der Waals surface area contributed by atoms with E-state index in [0.717, 1.165) is 29.9 Å². The first-order valence-electron chi connectivity index (χ1n) is 7.23. The second-order valence-corrected chi connectivity index (χ2v) is 5.30. The lowest BCUT2D eigenvalue weighted by Gasteiger charge is -2.18. The first kappa shape index (κ1) is 15.1. The van der Waals surface area contributed by atoms with Gasteiger partial charge in [0.15, 0.2) is 0 Å². The van der Waals surface area contributed by atoms with Crippen LogP contribution in [0.3, 0.4) is 0 Å². The Morgan fingerprint density at radius 3 is 2.60 bits per heavy atom. The lowest BCUT2D eigenvalue weighted by molar-refractivity contribution is 0.183. The maximum absolute atomic E-state index is 6.16. The van der Waals surface area contributed by atoms with Crippen LogP contribution in [0.5, 0.6) is 11.5 Å². The molecule has 108 valence electrons. The maximum Gasteiger partial charge on any atom is 0.135 e. The largest absolute Gasteiger partial charge is 0.497 e. The Labute approximate surface area is 126 Å². The number of rotatable bonds is 3. The van der Waals surface area contributed by atoms with Crippen molar-refractivity contribution < 1.29 is 9.47 Å². The average molecular weight is 293 g/mol. The van der Waals surface area contributed by atoms with Crippen LogP contribution in [-0.2, 0) is 0 Å². The molecule has 1 aliphatic carbocycles. The molecule has 0 heterocycles. The van der Waals surface area contributed by atoms with Crippen molar-refractivity contribution in [1.82, 2.24) is 0 Å². The van der Waals surface area contributed by atoms with Crippen LogP contribution in [0.1, 0.15) is 44.1 Å². The fourth-order valence-electron chi connectivity index (χ4n) is 2.50. The van der Waals surface area contributed by atoms with Gasteiger partial charge < -0.3 is 9.47 Å². The SMILES string of the molecule is COc1ccc(OC2CCCCCC2)c(C#CCCl)c1. The second kappa shape index (κ2) is 8.07. The molecule has 0 aliphatic heterocycles. The minimum atomic E-state index is 0.308. The molecule has 0 aromatic heterocycles. The van der Waals surface area contributed by atoms with Crippen molar-refractivity contribution in [3.63, 3.8) is 0 Å². The number of ether oxygens (including phenoxy) is 2. The van der Waals surface area contributed by atoms with Crippen LogP contribution < -0.4 is 9.47 Å². The van der Waals surface area contributed by atoms with Crippen molar-refractivity contribution in [2.24, 2.45) is 0 Å². The summed E-state index contributed by atoms with van der Waals surface area (Å²) in [7, 11) is 1.65. The Bertz CT molecular complexity index is 479. The number of alkyl halides is 1. The van der Waals surface area contributed by atoms with Crippen molar-refractivity contribution >= 4 is 11.6 Å². The van der Waals surface area contributed by atoms with Gasteiger partial charge in [-0.25, -0.2) is 0 Å². The van der Waals surface area contributed by atoms with Gasteiger partial charge in [-0.3, -0.25) is 0 Å². The highest BCUT2D eigenvalue weighted by Crippen LogP contribution is 2.28. The number of benzene rings is 1. The summed E-state index contributed by atoms with van der Waals surface area (Å²) >= 11 is 5.65. The van der Waals surface area contributed by atoms with Gasteiger partial charge in [-0.2, -0.15) is 0 Å². The number of methoxy groups -OCH3 is 1. The molecule has 0 radical (unpaired) electrons. The van der Waals surface area contributed by atoms with Crippen molar-refractivity contribution in [2.75, 3.05) is 13.0 Å². The molecule has 0 unspecified atom stereocenters. The van der Waals surface area contributed by atoms with Gasteiger partial charge in [0.25, 0.3) is 0 Å². The third kappa shape index (κ3) is 4.35. The van der Waals surface area contributed by atoms with Gasteiger partial charge in [-0.1, -0.05) is 24.7 Å². The zero-order valence-electron chi connectivity index (χ0n) is 12.0. The summed E-state index contributed by atoms with van der Waals surface area (Å²) < 4.78 is 11.4. The van der Waals surface area contributed by atoms with Crippen LogP contribution >= 0.6 is 11.6 Å².